The van der Waals surface area contributed by atoms with Crippen LogP contribution in [0.2, 0.25) is 0 Å². The third-order valence-electron chi connectivity index (χ3n) is 3.88. The molecule has 0 aromatic carbocycles. The van der Waals surface area contributed by atoms with E-state index in [0.717, 1.165) is 42.7 Å². The summed E-state index contributed by atoms with van der Waals surface area (Å²) < 4.78 is 2.09. The lowest BCUT2D eigenvalue weighted by Gasteiger charge is -2.11. The maximum atomic E-state index is 4.69. The van der Waals surface area contributed by atoms with Gasteiger partial charge in [-0.05, 0) is 37.3 Å². The van der Waals surface area contributed by atoms with Gasteiger partial charge in [-0.3, -0.25) is 4.99 Å². The summed E-state index contributed by atoms with van der Waals surface area (Å²) in [5.74, 6) is 1.62. The van der Waals surface area contributed by atoms with Crippen molar-refractivity contribution in [1.82, 2.24) is 20.0 Å². The molecule has 23 heavy (non-hydrogen) atoms. The normalized spacial score (nSPS) is 12.1. The van der Waals surface area contributed by atoms with Crippen LogP contribution in [0.5, 0.6) is 0 Å². The molecule has 5 heteroatoms. The molecule has 2 rings (SSSR count). The molecule has 0 radical (unpaired) electrons. The van der Waals surface area contributed by atoms with Gasteiger partial charge >= 0.3 is 0 Å². The predicted molar refractivity (Wildman–Crippen MR) is 97.1 cm³/mol. The van der Waals surface area contributed by atoms with Crippen LogP contribution in [0.25, 0.3) is 5.65 Å². The van der Waals surface area contributed by atoms with Crippen LogP contribution in [0.4, 0.5) is 0 Å². The molecule has 5 nitrogen and oxygen atoms in total. The summed E-state index contributed by atoms with van der Waals surface area (Å²) in [7, 11) is 1.81. The molecule has 0 fully saturated rings. The number of aryl methyl sites for hydroxylation is 1. The average Bonchev–Trinajstić information content (AvgIpc) is 2.94. The zero-order valence-corrected chi connectivity index (χ0v) is 14.8. The second-order valence-corrected chi connectivity index (χ2v) is 6.37. The van der Waals surface area contributed by atoms with Gasteiger partial charge in [-0.25, -0.2) is 4.98 Å². The van der Waals surface area contributed by atoms with Crippen LogP contribution in [0, 0.1) is 12.8 Å². The van der Waals surface area contributed by atoms with E-state index in [1.807, 2.05) is 13.2 Å². The van der Waals surface area contributed by atoms with Crippen molar-refractivity contribution < 1.29 is 0 Å². The molecule has 2 aromatic heterocycles. The highest BCUT2D eigenvalue weighted by atomic mass is 15.2. The van der Waals surface area contributed by atoms with Gasteiger partial charge in [0, 0.05) is 39.0 Å². The average molecular weight is 315 g/mol. The molecule has 2 heterocycles. The number of nitrogens with one attached hydrogen (secondary N) is 2. The quantitative estimate of drug-likeness (QED) is 0.469. The first-order valence-electron chi connectivity index (χ1n) is 8.48. The fourth-order valence-electron chi connectivity index (χ4n) is 2.57. The highest BCUT2D eigenvalue weighted by Crippen LogP contribution is 2.10. The molecule has 2 aromatic rings. The van der Waals surface area contributed by atoms with E-state index >= 15 is 0 Å². The van der Waals surface area contributed by atoms with E-state index in [4.69, 9.17) is 4.98 Å². The maximum Gasteiger partial charge on any atom is 0.190 e. The molecule has 0 bridgehead atoms. The van der Waals surface area contributed by atoms with Gasteiger partial charge in [0.05, 0.1) is 5.69 Å². The third kappa shape index (κ3) is 5.27. The number of aromatic nitrogens is 2. The fourth-order valence-corrected chi connectivity index (χ4v) is 2.57. The first-order valence-corrected chi connectivity index (χ1v) is 8.48. The number of hydrogen-bond donors (Lipinski definition) is 2. The van der Waals surface area contributed by atoms with E-state index < -0.39 is 0 Å². The Kier molecular flexibility index (Phi) is 6.44. The molecular formula is C18H29N5. The largest absolute Gasteiger partial charge is 0.356 e. The van der Waals surface area contributed by atoms with Crippen LogP contribution in [-0.4, -0.2) is 35.5 Å². The fraction of sp³-hybridized carbons (Fsp3) is 0.556. The minimum absolute atomic E-state index is 0.755. The van der Waals surface area contributed by atoms with Crippen molar-refractivity contribution in [1.29, 1.82) is 0 Å². The molecule has 2 N–H and O–H groups in total. The number of nitrogens with zero attached hydrogens (tertiary/aromatic N) is 3. The van der Waals surface area contributed by atoms with Gasteiger partial charge in [-0.2, -0.15) is 0 Å². The molecular weight excluding hydrogens is 286 g/mol. The van der Waals surface area contributed by atoms with E-state index in [-0.39, 0.29) is 0 Å². The van der Waals surface area contributed by atoms with Crippen molar-refractivity contribution in [3.63, 3.8) is 0 Å². The van der Waals surface area contributed by atoms with E-state index in [1.54, 1.807) is 0 Å². The van der Waals surface area contributed by atoms with Gasteiger partial charge in [0.15, 0.2) is 5.96 Å². The number of aliphatic imine (C=N–C) groups is 1. The molecule has 0 aliphatic heterocycles. The molecule has 0 atom stereocenters. The third-order valence-corrected chi connectivity index (χ3v) is 3.88. The van der Waals surface area contributed by atoms with E-state index in [9.17, 15) is 0 Å². The first kappa shape index (κ1) is 17.3. The second-order valence-electron chi connectivity index (χ2n) is 6.37. The lowest BCUT2D eigenvalue weighted by atomic mass is 10.1. The van der Waals surface area contributed by atoms with Crippen LogP contribution < -0.4 is 10.6 Å². The topological polar surface area (TPSA) is 53.7 Å². The van der Waals surface area contributed by atoms with Crippen LogP contribution in [0.15, 0.2) is 29.5 Å². The molecule has 0 amide bonds. The smallest absolute Gasteiger partial charge is 0.190 e. The Morgan fingerprint density at radius 1 is 1.30 bits per heavy atom. The molecule has 126 valence electrons. The van der Waals surface area contributed by atoms with Crippen molar-refractivity contribution in [2.75, 3.05) is 20.1 Å². The summed E-state index contributed by atoms with van der Waals surface area (Å²) in [6.07, 6.45) is 7.44. The van der Waals surface area contributed by atoms with Gasteiger partial charge in [0.2, 0.25) is 0 Å². The highest BCUT2D eigenvalue weighted by molar-refractivity contribution is 5.79. The van der Waals surface area contributed by atoms with Crippen LogP contribution >= 0.6 is 0 Å². The molecule has 0 aliphatic rings. The first-order chi connectivity index (χ1) is 11.1. The number of imidazole rings is 1. The molecule has 0 saturated carbocycles. The summed E-state index contributed by atoms with van der Waals surface area (Å²) in [5.41, 5.74) is 3.34. The Morgan fingerprint density at radius 2 is 2.09 bits per heavy atom. The summed E-state index contributed by atoms with van der Waals surface area (Å²) in [4.78, 5) is 8.95. The Labute approximate surface area is 139 Å². The minimum Gasteiger partial charge on any atom is -0.356 e. The molecule has 0 spiro atoms. The predicted octanol–water partition coefficient (Wildman–Crippen LogP) is 2.79. The van der Waals surface area contributed by atoms with Gasteiger partial charge in [-0.15, -0.1) is 0 Å². The van der Waals surface area contributed by atoms with Crippen molar-refractivity contribution in [3.8, 4) is 0 Å². The highest BCUT2D eigenvalue weighted by Gasteiger charge is 2.04. The summed E-state index contributed by atoms with van der Waals surface area (Å²) in [6, 6.07) is 4.14. The van der Waals surface area contributed by atoms with Gasteiger partial charge in [-0.1, -0.05) is 19.9 Å². The lowest BCUT2D eigenvalue weighted by molar-refractivity contribution is 0.549. The van der Waals surface area contributed by atoms with Crippen LogP contribution in [0.3, 0.4) is 0 Å². The van der Waals surface area contributed by atoms with Crippen molar-refractivity contribution in [2.45, 2.75) is 40.0 Å². The summed E-state index contributed by atoms with van der Waals surface area (Å²) in [6.45, 7) is 8.39. The summed E-state index contributed by atoms with van der Waals surface area (Å²) >= 11 is 0. The number of rotatable bonds is 7. The Balaban J connectivity index is 1.77. The van der Waals surface area contributed by atoms with E-state index in [0.29, 0.717) is 0 Å². The zero-order chi connectivity index (χ0) is 16.7. The number of hydrogen-bond acceptors (Lipinski definition) is 2. The second kappa shape index (κ2) is 8.56. The Bertz CT molecular complexity index is 642. The standard InChI is InChI=1S/C18H29N5/c1-14(2)7-5-10-20-18(19-4)21-11-9-16-13-23-12-6-8-15(3)17(23)22-16/h6,8,12-14H,5,7,9-11H2,1-4H3,(H2,19,20,21). The van der Waals surface area contributed by atoms with Gasteiger partial charge in [0.25, 0.3) is 0 Å². The maximum absolute atomic E-state index is 4.69. The number of guanidine groups is 1. The Morgan fingerprint density at radius 3 is 2.78 bits per heavy atom. The minimum atomic E-state index is 0.755. The van der Waals surface area contributed by atoms with Crippen LogP contribution in [-0.2, 0) is 6.42 Å². The van der Waals surface area contributed by atoms with Crippen molar-refractivity contribution in [3.05, 3.63) is 35.8 Å². The van der Waals surface area contributed by atoms with Crippen LogP contribution in [0.1, 0.15) is 37.9 Å². The van der Waals surface area contributed by atoms with Gasteiger partial charge < -0.3 is 15.0 Å². The summed E-state index contributed by atoms with van der Waals surface area (Å²) in [5, 5.41) is 6.71. The Hall–Kier alpha value is -2.04. The number of pyridine rings is 1. The SMILES string of the molecule is CN=C(NCCCC(C)C)NCCc1cn2cccc(C)c2n1. The van der Waals surface area contributed by atoms with Gasteiger partial charge in [0.1, 0.15) is 5.65 Å². The monoisotopic (exact) mass is 315 g/mol. The van der Waals surface area contributed by atoms with Crippen molar-refractivity contribution in [2.24, 2.45) is 10.9 Å². The molecule has 0 aliphatic carbocycles. The van der Waals surface area contributed by atoms with E-state index in [2.05, 4.69) is 59.1 Å². The molecule has 0 saturated heterocycles. The zero-order valence-electron chi connectivity index (χ0n) is 14.8. The number of fused-ring (bicyclic) bond motifs is 1. The van der Waals surface area contributed by atoms with E-state index in [1.165, 1.54) is 18.4 Å². The lowest BCUT2D eigenvalue weighted by Crippen LogP contribution is -2.38. The molecule has 0 unspecified atom stereocenters. The van der Waals surface area contributed by atoms with Crippen molar-refractivity contribution >= 4 is 11.6 Å².